The van der Waals surface area contributed by atoms with Crippen LogP contribution in [0, 0.1) is 12.7 Å². The highest BCUT2D eigenvalue weighted by molar-refractivity contribution is 5.95. The number of Topliss-reactive ketones (excluding diaryl/α,β-unsaturated/α-hetero) is 1. The molecule has 1 N–H and O–H groups in total. The molecule has 5 rings (SSSR count). The van der Waals surface area contributed by atoms with Crippen molar-refractivity contribution in [1.82, 2.24) is 5.32 Å². The standard InChI is InChI=1S/C36H36FNO4/c1-26-11-10-16-31(37)34(26)36(21-8-9-22-36)35(40)38-32(25-41-24-28-12-4-2-5-13-28)33(39)23-27-17-19-30(20-18-27)42-29-14-6-3-7-15-29/h2-7,10-20,32H,8-9,21-25H2,1H3,(H,38,40). The van der Waals surface area contributed by atoms with E-state index in [1.54, 1.807) is 6.07 Å². The van der Waals surface area contributed by atoms with Gasteiger partial charge in [-0.2, -0.15) is 0 Å². The maximum Gasteiger partial charge on any atom is 0.231 e. The topological polar surface area (TPSA) is 64.6 Å². The summed E-state index contributed by atoms with van der Waals surface area (Å²) < 4.78 is 27.0. The molecule has 1 atom stereocenters. The lowest BCUT2D eigenvalue weighted by Crippen LogP contribution is -2.52. The summed E-state index contributed by atoms with van der Waals surface area (Å²) in [7, 11) is 0. The molecule has 1 aliphatic carbocycles. The summed E-state index contributed by atoms with van der Waals surface area (Å²) in [5.41, 5.74) is 1.93. The molecule has 1 saturated carbocycles. The number of carbonyl (C=O) groups is 2. The molecule has 1 fully saturated rings. The summed E-state index contributed by atoms with van der Waals surface area (Å²) in [4.78, 5) is 27.6. The summed E-state index contributed by atoms with van der Waals surface area (Å²) >= 11 is 0. The Hall–Kier alpha value is -4.29. The maximum atomic E-state index is 15.2. The average Bonchev–Trinajstić information content (AvgIpc) is 3.49. The molecule has 0 aromatic heterocycles. The minimum atomic E-state index is -1.01. The van der Waals surface area contributed by atoms with Crippen molar-refractivity contribution in [3.8, 4) is 11.5 Å². The van der Waals surface area contributed by atoms with Gasteiger partial charge in [-0.15, -0.1) is 0 Å². The predicted octanol–water partition coefficient (Wildman–Crippen LogP) is 7.25. The zero-order valence-electron chi connectivity index (χ0n) is 23.9. The third kappa shape index (κ3) is 6.94. The summed E-state index contributed by atoms with van der Waals surface area (Å²) in [5, 5.41) is 3.00. The van der Waals surface area contributed by atoms with E-state index >= 15 is 4.39 Å². The molecule has 216 valence electrons. The van der Waals surface area contributed by atoms with Crippen LogP contribution in [0.1, 0.15) is 47.9 Å². The Kier molecular flexibility index (Phi) is 9.45. The second-order valence-corrected chi connectivity index (χ2v) is 10.9. The molecule has 6 heteroatoms. The monoisotopic (exact) mass is 565 g/mol. The molecule has 0 saturated heterocycles. The van der Waals surface area contributed by atoms with Crippen LogP contribution in [0.15, 0.2) is 103 Å². The zero-order chi connectivity index (χ0) is 29.4. The summed E-state index contributed by atoms with van der Waals surface area (Å²) in [6.07, 6.45) is 2.82. The lowest BCUT2D eigenvalue weighted by Gasteiger charge is -2.32. The van der Waals surface area contributed by atoms with E-state index in [1.807, 2.05) is 97.9 Å². The van der Waals surface area contributed by atoms with E-state index in [4.69, 9.17) is 9.47 Å². The molecular formula is C36H36FNO4. The second kappa shape index (κ2) is 13.6. The second-order valence-electron chi connectivity index (χ2n) is 10.9. The first-order valence-electron chi connectivity index (χ1n) is 14.5. The fraction of sp³-hybridized carbons (Fsp3) is 0.278. The van der Waals surface area contributed by atoms with Crippen molar-refractivity contribution in [1.29, 1.82) is 0 Å². The van der Waals surface area contributed by atoms with Gasteiger partial charge in [0.15, 0.2) is 5.78 Å². The van der Waals surface area contributed by atoms with E-state index in [1.165, 1.54) is 6.07 Å². The van der Waals surface area contributed by atoms with Gasteiger partial charge in [0.1, 0.15) is 23.4 Å². The summed E-state index contributed by atoms with van der Waals surface area (Å²) in [5.74, 6) is 0.517. The van der Waals surface area contributed by atoms with Crippen LogP contribution < -0.4 is 10.1 Å². The number of halogens is 1. The Morgan fingerprint density at radius 2 is 1.45 bits per heavy atom. The maximum absolute atomic E-state index is 15.2. The molecule has 0 aliphatic heterocycles. The largest absolute Gasteiger partial charge is 0.457 e. The number of para-hydroxylation sites is 1. The molecular weight excluding hydrogens is 529 g/mol. The number of aryl methyl sites for hydroxylation is 1. The lowest BCUT2D eigenvalue weighted by molar-refractivity contribution is -0.132. The van der Waals surface area contributed by atoms with Gasteiger partial charge in [0.25, 0.3) is 0 Å². The molecule has 42 heavy (non-hydrogen) atoms. The third-order valence-corrected chi connectivity index (χ3v) is 7.96. The average molecular weight is 566 g/mol. The molecule has 0 heterocycles. The van der Waals surface area contributed by atoms with E-state index in [9.17, 15) is 9.59 Å². The van der Waals surface area contributed by atoms with Gasteiger partial charge in [-0.05, 0) is 66.8 Å². The first-order valence-corrected chi connectivity index (χ1v) is 14.5. The van der Waals surface area contributed by atoms with Crippen LogP contribution in [0.4, 0.5) is 4.39 Å². The van der Waals surface area contributed by atoms with Gasteiger partial charge in [-0.1, -0.05) is 85.6 Å². The van der Waals surface area contributed by atoms with Crippen LogP contribution in [-0.2, 0) is 32.8 Å². The number of nitrogens with one attached hydrogen (secondary N) is 1. The fourth-order valence-electron chi connectivity index (χ4n) is 5.81. The molecule has 1 aliphatic rings. The molecule has 1 amide bonds. The van der Waals surface area contributed by atoms with E-state index in [-0.39, 0.29) is 30.5 Å². The quantitative estimate of drug-likeness (QED) is 0.197. The number of hydrogen-bond acceptors (Lipinski definition) is 4. The van der Waals surface area contributed by atoms with Gasteiger partial charge in [-0.3, -0.25) is 9.59 Å². The predicted molar refractivity (Wildman–Crippen MR) is 161 cm³/mol. The van der Waals surface area contributed by atoms with Gasteiger partial charge in [-0.25, -0.2) is 4.39 Å². The fourth-order valence-corrected chi connectivity index (χ4v) is 5.81. The normalized spacial score (nSPS) is 14.7. The number of ketones is 1. The summed E-state index contributed by atoms with van der Waals surface area (Å²) in [6.45, 7) is 2.16. The number of benzene rings is 4. The molecule has 4 aromatic carbocycles. The Labute approximate surface area is 246 Å². The molecule has 0 radical (unpaired) electrons. The van der Waals surface area contributed by atoms with Crippen molar-refractivity contribution in [3.63, 3.8) is 0 Å². The highest BCUT2D eigenvalue weighted by Crippen LogP contribution is 2.44. The van der Waals surface area contributed by atoms with Crippen molar-refractivity contribution < 1.29 is 23.5 Å². The van der Waals surface area contributed by atoms with Crippen molar-refractivity contribution in [2.24, 2.45) is 0 Å². The number of ether oxygens (including phenoxy) is 2. The first-order chi connectivity index (χ1) is 20.4. The minimum Gasteiger partial charge on any atom is -0.457 e. The molecule has 1 unspecified atom stereocenters. The number of hydrogen-bond donors (Lipinski definition) is 1. The van der Waals surface area contributed by atoms with Crippen LogP contribution >= 0.6 is 0 Å². The van der Waals surface area contributed by atoms with Gasteiger partial charge in [0, 0.05) is 12.0 Å². The van der Waals surface area contributed by atoms with Crippen molar-refractivity contribution in [2.45, 2.75) is 57.1 Å². The van der Waals surface area contributed by atoms with Crippen LogP contribution in [0.3, 0.4) is 0 Å². The highest BCUT2D eigenvalue weighted by atomic mass is 19.1. The number of rotatable bonds is 12. The van der Waals surface area contributed by atoms with Gasteiger partial charge in [0.2, 0.25) is 5.91 Å². The van der Waals surface area contributed by atoms with Crippen molar-refractivity contribution in [3.05, 3.63) is 131 Å². The third-order valence-electron chi connectivity index (χ3n) is 7.96. The Bertz CT molecular complexity index is 1460. The van der Waals surface area contributed by atoms with E-state index in [0.29, 0.717) is 30.8 Å². The van der Waals surface area contributed by atoms with E-state index in [0.717, 1.165) is 35.3 Å². The minimum absolute atomic E-state index is 0.0149. The Morgan fingerprint density at radius 1 is 0.810 bits per heavy atom. The Morgan fingerprint density at radius 3 is 2.12 bits per heavy atom. The van der Waals surface area contributed by atoms with Gasteiger partial charge >= 0.3 is 0 Å². The first kappa shape index (κ1) is 29.2. The number of carbonyl (C=O) groups excluding carboxylic acids is 2. The van der Waals surface area contributed by atoms with E-state index < -0.39 is 11.5 Å². The van der Waals surface area contributed by atoms with Crippen LogP contribution in [0.2, 0.25) is 0 Å². The van der Waals surface area contributed by atoms with Crippen LogP contribution in [-0.4, -0.2) is 24.3 Å². The zero-order valence-corrected chi connectivity index (χ0v) is 23.9. The van der Waals surface area contributed by atoms with Crippen molar-refractivity contribution >= 4 is 11.7 Å². The Balaban J connectivity index is 1.32. The van der Waals surface area contributed by atoms with Gasteiger partial charge < -0.3 is 14.8 Å². The highest BCUT2D eigenvalue weighted by Gasteiger charge is 2.46. The van der Waals surface area contributed by atoms with E-state index in [2.05, 4.69) is 5.32 Å². The van der Waals surface area contributed by atoms with Gasteiger partial charge in [0.05, 0.1) is 18.6 Å². The molecule has 4 aromatic rings. The molecule has 0 bridgehead atoms. The lowest BCUT2D eigenvalue weighted by atomic mass is 9.75. The molecule has 0 spiro atoms. The van der Waals surface area contributed by atoms with Crippen LogP contribution in [0.5, 0.6) is 11.5 Å². The number of amides is 1. The summed E-state index contributed by atoms with van der Waals surface area (Å²) in [6, 6.07) is 30.5. The van der Waals surface area contributed by atoms with Crippen LogP contribution in [0.25, 0.3) is 0 Å². The SMILES string of the molecule is Cc1cccc(F)c1C1(C(=O)NC(COCc2ccccc2)C(=O)Cc2ccc(Oc3ccccc3)cc2)CCCC1. The molecule has 5 nitrogen and oxygen atoms in total. The smallest absolute Gasteiger partial charge is 0.231 e. The van der Waals surface area contributed by atoms with Crippen molar-refractivity contribution in [2.75, 3.05) is 6.61 Å².